The molecule has 0 aromatic heterocycles. The molecule has 3 aromatic carbocycles. The van der Waals surface area contributed by atoms with Crippen molar-refractivity contribution in [3.63, 3.8) is 0 Å². The second kappa shape index (κ2) is 10.2. The number of hydrogen-bond acceptors (Lipinski definition) is 6. The van der Waals surface area contributed by atoms with E-state index >= 15 is 0 Å². The molecule has 0 radical (unpaired) electrons. The molecular formula is C31H31NO6. The molecule has 0 saturated carbocycles. The van der Waals surface area contributed by atoms with Gasteiger partial charge in [-0.2, -0.15) is 0 Å². The van der Waals surface area contributed by atoms with Gasteiger partial charge in [0, 0.05) is 12.1 Å². The van der Waals surface area contributed by atoms with Crippen molar-refractivity contribution in [2.45, 2.75) is 45.7 Å². The van der Waals surface area contributed by atoms with E-state index in [2.05, 4.69) is 20.8 Å². The molecule has 1 unspecified atom stereocenters. The smallest absolute Gasteiger partial charge is 0.337 e. The summed E-state index contributed by atoms with van der Waals surface area (Å²) in [6.45, 7) is 8.05. The number of carbonyl (C=O) groups excluding carboxylic acids is 3. The Labute approximate surface area is 222 Å². The fourth-order valence-electron chi connectivity index (χ4n) is 4.63. The van der Waals surface area contributed by atoms with E-state index in [1.165, 1.54) is 24.1 Å². The number of Topliss-reactive ketones (excluding diaryl/α,β-unsaturated/α-hetero) is 1. The highest BCUT2D eigenvalue weighted by atomic mass is 16.5. The number of benzene rings is 3. The Balaban J connectivity index is 1.85. The molecule has 3 aromatic rings. The van der Waals surface area contributed by atoms with Crippen molar-refractivity contribution in [2.75, 3.05) is 7.11 Å². The van der Waals surface area contributed by atoms with E-state index in [0.29, 0.717) is 22.3 Å². The standard InChI is InChI=1S/C31H31NO6/c1-18-9-14-22(31(2,3)4)16-24(18)27(34)25-26(21-7-6-8-23(33)15-21)32(29(36)28(25)35)17-19-10-12-20(13-11-19)30(37)38-5/h6-16,26,33-34H,17H2,1-5H3/b27-25+. The van der Waals surface area contributed by atoms with Gasteiger partial charge in [-0.3, -0.25) is 9.59 Å². The summed E-state index contributed by atoms with van der Waals surface area (Å²) >= 11 is 0. The van der Waals surface area contributed by atoms with E-state index in [0.717, 1.165) is 11.1 Å². The molecule has 196 valence electrons. The van der Waals surface area contributed by atoms with Gasteiger partial charge in [0.1, 0.15) is 11.5 Å². The number of amides is 1. The number of aliphatic hydroxyl groups is 1. The van der Waals surface area contributed by atoms with Crippen LogP contribution >= 0.6 is 0 Å². The summed E-state index contributed by atoms with van der Waals surface area (Å²) in [6, 6.07) is 17.6. The number of carbonyl (C=O) groups is 3. The van der Waals surface area contributed by atoms with Gasteiger partial charge in [-0.15, -0.1) is 0 Å². The van der Waals surface area contributed by atoms with Crippen LogP contribution in [-0.2, 0) is 26.3 Å². The number of esters is 1. The predicted molar refractivity (Wildman–Crippen MR) is 144 cm³/mol. The molecule has 4 rings (SSSR count). The van der Waals surface area contributed by atoms with E-state index in [1.807, 2.05) is 25.1 Å². The summed E-state index contributed by atoms with van der Waals surface area (Å²) in [5, 5.41) is 21.7. The van der Waals surface area contributed by atoms with Crippen LogP contribution in [0.2, 0.25) is 0 Å². The zero-order valence-electron chi connectivity index (χ0n) is 22.1. The third-order valence-corrected chi connectivity index (χ3v) is 6.81. The quantitative estimate of drug-likeness (QED) is 0.205. The molecular weight excluding hydrogens is 482 g/mol. The average molecular weight is 514 g/mol. The molecule has 1 amide bonds. The first-order valence-electron chi connectivity index (χ1n) is 12.3. The van der Waals surface area contributed by atoms with Gasteiger partial charge in [-0.1, -0.05) is 57.2 Å². The molecule has 0 bridgehead atoms. The number of ketones is 1. The molecule has 7 nitrogen and oxygen atoms in total. The fourth-order valence-corrected chi connectivity index (χ4v) is 4.63. The summed E-state index contributed by atoms with van der Waals surface area (Å²) in [6.07, 6.45) is 0. The van der Waals surface area contributed by atoms with Crippen LogP contribution in [0.4, 0.5) is 0 Å². The van der Waals surface area contributed by atoms with Gasteiger partial charge >= 0.3 is 5.97 Å². The number of ether oxygens (including phenoxy) is 1. The number of phenolic OH excluding ortho intramolecular Hbond substituents is 1. The van der Waals surface area contributed by atoms with Crippen molar-refractivity contribution >= 4 is 23.4 Å². The molecule has 1 heterocycles. The summed E-state index contributed by atoms with van der Waals surface area (Å²) in [5.74, 6) is -2.33. The normalized spacial score (nSPS) is 17.1. The first-order valence-corrected chi connectivity index (χ1v) is 12.3. The summed E-state index contributed by atoms with van der Waals surface area (Å²) in [7, 11) is 1.30. The predicted octanol–water partition coefficient (Wildman–Crippen LogP) is 5.41. The molecule has 1 atom stereocenters. The van der Waals surface area contributed by atoms with Crippen LogP contribution in [0, 0.1) is 6.92 Å². The Bertz CT molecular complexity index is 1450. The maximum Gasteiger partial charge on any atom is 0.337 e. The van der Waals surface area contributed by atoms with E-state index in [1.54, 1.807) is 36.4 Å². The van der Waals surface area contributed by atoms with E-state index < -0.39 is 23.7 Å². The highest BCUT2D eigenvalue weighted by Gasteiger charge is 2.46. The topological polar surface area (TPSA) is 104 Å². The third-order valence-electron chi connectivity index (χ3n) is 6.81. The first-order chi connectivity index (χ1) is 17.9. The molecule has 1 aliphatic heterocycles. The summed E-state index contributed by atoms with van der Waals surface area (Å²) < 4.78 is 4.74. The number of phenols is 1. The van der Waals surface area contributed by atoms with Crippen LogP contribution in [-0.4, -0.2) is 39.9 Å². The maximum absolute atomic E-state index is 13.4. The fraction of sp³-hybridized carbons (Fsp3) is 0.258. The molecule has 1 fully saturated rings. The van der Waals surface area contributed by atoms with Crippen molar-refractivity contribution < 1.29 is 29.3 Å². The number of aryl methyl sites for hydroxylation is 1. The second-order valence-corrected chi connectivity index (χ2v) is 10.5. The number of aromatic hydroxyl groups is 1. The molecule has 2 N–H and O–H groups in total. The Morgan fingerprint density at radius 1 is 1.00 bits per heavy atom. The highest BCUT2D eigenvalue weighted by molar-refractivity contribution is 6.46. The molecule has 1 aliphatic rings. The lowest BCUT2D eigenvalue weighted by atomic mass is 9.84. The zero-order valence-corrected chi connectivity index (χ0v) is 22.1. The van der Waals surface area contributed by atoms with Crippen LogP contribution in [0.5, 0.6) is 5.75 Å². The van der Waals surface area contributed by atoms with E-state index in [9.17, 15) is 24.6 Å². The third kappa shape index (κ3) is 5.05. The zero-order chi connectivity index (χ0) is 27.8. The lowest BCUT2D eigenvalue weighted by molar-refractivity contribution is -0.140. The van der Waals surface area contributed by atoms with Crippen LogP contribution in [0.3, 0.4) is 0 Å². The first kappa shape index (κ1) is 26.7. The van der Waals surface area contributed by atoms with Gasteiger partial charge in [0.05, 0.1) is 24.3 Å². The van der Waals surface area contributed by atoms with Crippen LogP contribution in [0.15, 0.2) is 72.3 Å². The molecule has 0 aliphatic carbocycles. The lowest BCUT2D eigenvalue weighted by Gasteiger charge is -2.26. The average Bonchev–Trinajstić information content (AvgIpc) is 3.12. The summed E-state index contributed by atoms with van der Waals surface area (Å²) in [4.78, 5) is 40.0. The van der Waals surface area contributed by atoms with E-state index in [4.69, 9.17) is 4.74 Å². The van der Waals surface area contributed by atoms with Gasteiger partial charge in [-0.05, 0) is 64.9 Å². The van der Waals surface area contributed by atoms with Gasteiger partial charge in [-0.25, -0.2) is 4.79 Å². The minimum absolute atomic E-state index is 0.0265. The monoisotopic (exact) mass is 513 g/mol. The van der Waals surface area contributed by atoms with Crippen LogP contribution < -0.4 is 0 Å². The van der Waals surface area contributed by atoms with E-state index in [-0.39, 0.29) is 29.0 Å². The number of methoxy groups -OCH3 is 1. The molecule has 1 saturated heterocycles. The summed E-state index contributed by atoms with van der Waals surface area (Å²) in [5.41, 5.74) is 3.49. The Hall–Kier alpha value is -4.39. The molecule has 7 heteroatoms. The largest absolute Gasteiger partial charge is 0.508 e. The number of aliphatic hydroxyl groups excluding tert-OH is 1. The highest BCUT2D eigenvalue weighted by Crippen LogP contribution is 2.42. The van der Waals surface area contributed by atoms with Crippen molar-refractivity contribution in [3.05, 3.63) is 106 Å². The number of likely N-dealkylation sites (tertiary alicyclic amines) is 1. The number of nitrogens with zero attached hydrogens (tertiary/aromatic N) is 1. The minimum Gasteiger partial charge on any atom is -0.508 e. The van der Waals surface area contributed by atoms with Gasteiger partial charge in [0.25, 0.3) is 11.7 Å². The van der Waals surface area contributed by atoms with Gasteiger partial charge in [0.2, 0.25) is 0 Å². The second-order valence-electron chi connectivity index (χ2n) is 10.5. The van der Waals surface area contributed by atoms with Gasteiger partial charge in [0.15, 0.2) is 0 Å². The molecule has 38 heavy (non-hydrogen) atoms. The van der Waals surface area contributed by atoms with Crippen molar-refractivity contribution in [3.8, 4) is 5.75 Å². The Kier molecular flexibility index (Phi) is 7.14. The van der Waals surface area contributed by atoms with Gasteiger partial charge < -0.3 is 19.8 Å². The Morgan fingerprint density at radius 2 is 1.68 bits per heavy atom. The maximum atomic E-state index is 13.4. The number of hydrogen-bond donors (Lipinski definition) is 2. The SMILES string of the molecule is COC(=O)c1ccc(CN2C(=O)C(=O)/C(=C(/O)c3cc(C(C)(C)C)ccc3C)C2c2cccc(O)c2)cc1. The lowest BCUT2D eigenvalue weighted by Crippen LogP contribution is -2.29. The van der Waals surface area contributed by atoms with Crippen LogP contribution in [0.1, 0.15) is 65.0 Å². The number of rotatable bonds is 5. The van der Waals surface area contributed by atoms with Crippen LogP contribution in [0.25, 0.3) is 5.76 Å². The minimum atomic E-state index is -0.930. The van der Waals surface area contributed by atoms with Crippen molar-refractivity contribution in [1.82, 2.24) is 4.90 Å². The Morgan fingerprint density at radius 3 is 2.29 bits per heavy atom. The molecule has 0 spiro atoms. The van der Waals surface area contributed by atoms with Crippen molar-refractivity contribution in [1.29, 1.82) is 0 Å². The van der Waals surface area contributed by atoms with Crippen molar-refractivity contribution in [2.24, 2.45) is 0 Å².